The van der Waals surface area contributed by atoms with Gasteiger partial charge in [0.25, 0.3) is 5.91 Å². The van der Waals surface area contributed by atoms with E-state index < -0.39 is 0 Å². The summed E-state index contributed by atoms with van der Waals surface area (Å²) in [5.74, 6) is -0.0393. The second kappa shape index (κ2) is 7.29. The Labute approximate surface area is 169 Å². The van der Waals surface area contributed by atoms with Gasteiger partial charge in [0.2, 0.25) is 0 Å². The maximum absolute atomic E-state index is 12.1. The van der Waals surface area contributed by atoms with Gasteiger partial charge in [0.1, 0.15) is 4.83 Å². The van der Waals surface area contributed by atoms with Gasteiger partial charge < -0.3 is 5.73 Å². The Kier molecular flexibility index (Phi) is 4.97. The summed E-state index contributed by atoms with van der Waals surface area (Å²) < 4.78 is 2.11. The first kappa shape index (κ1) is 19.1. The maximum atomic E-state index is 12.1. The van der Waals surface area contributed by atoms with Crippen molar-refractivity contribution in [3.05, 3.63) is 45.7 Å². The van der Waals surface area contributed by atoms with Crippen molar-refractivity contribution >= 4 is 27.5 Å². The van der Waals surface area contributed by atoms with Gasteiger partial charge >= 0.3 is 0 Å². The molecule has 1 fully saturated rings. The van der Waals surface area contributed by atoms with Crippen LogP contribution in [0.1, 0.15) is 64.4 Å². The van der Waals surface area contributed by atoms with E-state index in [1.165, 1.54) is 22.6 Å². The predicted molar refractivity (Wildman–Crippen MR) is 113 cm³/mol. The van der Waals surface area contributed by atoms with Crippen LogP contribution >= 0.6 is 11.3 Å². The molecule has 1 atom stereocenters. The predicted octanol–water partition coefficient (Wildman–Crippen LogP) is 3.78. The molecule has 1 aliphatic rings. The van der Waals surface area contributed by atoms with E-state index in [0.29, 0.717) is 16.8 Å². The molecule has 4 rings (SSSR count). The summed E-state index contributed by atoms with van der Waals surface area (Å²) in [6.07, 6.45) is 2.80. The molecule has 2 N–H and O–H groups in total. The largest absolute Gasteiger partial charge is 0.365 e. The molecule has 3 aromatic rings. The number of nitrogens with two attached hydrogens (primary N) is 1. The molecule has 4 heterocycles. The molecule has 1 aliphatic heterocycles. The van der Waals surface area contributed by atoms with Crippen molar-refractivity contribution in [3.63, 3.8) is 0 Å². The number of carbonyl (C=O) groups is 1. The molecule has 0 unspecified atom stereocenters. The van der Waals surface area contributed by atoms with E-state index in [2.05, 4.69) is 48.3 Å². The number of thiophene rings is 1. The highest BCUT2D eigenvalue weighted by Gasteiger charge is 2.31. The molecule has 0 saturated carbocycles. The van der Waals surface area contributed by atoms with Gasteiger partial charge in [0, 0.05) is 47.9 Å². The summed E-state index contributed by atoms with van der Waals surface area (Å²) in [6, 6.07) is 4.36. The van der Waals surface area contributed by atoms with Crippen molar-refractivity contribution < 1.29 is 4.79 Å². The lowest BCUT2D eigenvalue weighted by atomic mass is 9.95. The van der Waals surface area contributed by atoms with Crippen molar-refractivity contribution in [2.24, 2.45) is 5.73 Å². The van der Waals surface area contributed by atoms with Crippen LogP contribution in [0, 0.1) is 13.8 Å². The number of hydrogen-bond donors (Lipinski definition) is 1. The molecule has 3 aromatic heterocycles. The fourth-order valence-electron chi connectivity index (χ4n) is 4.40. The number of amides is 1. The fourth-order valence-corrected chi connectivity index (χ4v) is 5.49. The van der Waals surface area contributed by atoms with E-state index in [9.17, 15) is 4.79 Å². The minimum Gasteiger partial charge on any atom is -0.365 e. The van der Waals surface area contributed by atoms with Gasteiger partial charge in [0.05, 0.1) is 10.6 Å². The topological polar surface area (TPSA) is 77.0 Å². The second-order valence-electron chi connectivity index (χ2n) is 7.97. The normalized spacial score (nSPS) is 17.8. The summed E-state index contributed by atoms with van der Waals surface area (Å²) in [7, 11) is 0. The van der Waals surface area contributed by atoms with Gasteiger partial charge in [-0.05, 0) is 52.3 Å². The minimum atomic E-state index is -0.346. The number of pyridine rings is 1. The highest BCUT2D eigenvalue weighted by molar-refractivity contribution is 7.20. The Bertz CT molecular complexity index is 1040. The summed E-state index contributed by atoms with van der Waals surface area (Å²) >= 11 is 1.42. The third kappa shape index (κ3) is 3.22. The number of fused-ring (bicyclic) bond motifs is 1. The van der Waals surface area contributed by atoms with E-state index in [4.69, 9.17) is 10.8 Å². The molecule has 0 aromatic carbocycles. The van der Waals surface area contributed by atoms with E-state index in [-0.39, 0.29) is 5.91 Å². The number of carbonyl (C=O) groups excluding carboxylic acids is 1. The molecule has 0 aliphatic carbocycles. The quantitative estimate of drug-likeness (QED) is 0.711. The highest BCUT2D eigenvalue weighted by Crippen LogP contribution is 2.39. The van der Waals surface area contributed by atoms with Gasteiger partial charge in [0.15, 0.2) is 0 Å². The molecule has 1 saturated heterocycles. The molecule has 148 valence electrons. The van der Waals surface area contributed by atoms with E-state index in [0.717, 1.165) is 47.5 Å². The Hall–Kier alpha value is -2.25. The zero-order valence-corrected chi connectivity index (χ0v) is 17.7. The summed E-state index contributed by atoms with van der Waals surface area (Å²) in [5.41, 5.74) is 10.5. The summed E-state index contributed by atoms with van der Waals surface area (Å²) in [6.45, 7) is 11.4. The second-order valence-corrected chi connectivity index (χ2v) is 8.97. The van der Waals surface area contributed by atoms with Crippen molar-refractivity contribution in [2.45, 2.75) is 52.6 Å². The van der Waals surface area contributed by atoms with Gasteiger partial charge in [-0.2, -0.15) is 5.10 Å². The SMILES string of the molecule is Cc1nn(C(C)C)c(C)c1CN1CC[C@H](c2c(C(N)=O)sc3ncccc23)C1. The van der Waals surface area contributed by atoms with Gasteiger partial charge in [-0.25, -0.2) is 4.98 Å². The zero-order chi connectivity index (χ0) is 20.0. The number of likely N-dealkylation sites (tertiary alicyclic amines) is 1. The summed E-state index contributed by atoms with van der Waals surface area (Å²) in [5, 5.41) is 5.80. The monoisotopic (exact) mass is 397 g/mol. The average molecular weight is 398 g/mol. The van der Waals surface area contributed by atoms with Crippen molar-refractivity contribution in [1.82, 2.24) is 19.7 Å². The minimum absolute atomic E-state index is 0.307. The number of aromatic nitrogens is 3. The maximum Gasteiger partial charge on any atom is 0.259 e. The Morgan fingerprint density at radius 2 is 2.18 bits per heavy atom. The van der Waals surface area contributed by atoms with Crippen LogP contribution in [-0.2, 0) is 6.54 Å². The molecular formula is C21H27N5OS. The lowest BCUT2D eigenvalue weighted by Crippen LogP contribution is -2.21. The first-order valence-corrected chi connectivity index (χ1v) is 10.6. The summed E-state index contributed by atoms with van der Waals surface area (Å²) in [4.78, 5) is 20.5. The van der Waals surface area contributed by atoms with Crippen LogP contribution in [0.2, 0.25) is 0 Å². The highest BCUT2D eigenvalue weighted by atomic mass is 32.1. The molecule has 0 radical (unpaired) electrons. The third-order valence-electron chi connectivity index (χ3n) is 5.75. The lowest BCUT2D eigenvalue weighted by Gasteiger charge is -2.17. The van der Waals surface area contributed by atoms with Crippen molar-refractivity contribution in [2.75, 3.05) is 13.1 Å². The molecule has 0 bridgehead atoms. The molecule has 28 heavy (non-hydrogen) atoms. The van der Waals surface area contributed by atoms with Crippen LogP contribution in [-0.4, -0.2) is 38.7 Å². The van der Waals surface area contributed by atoms with Crippen LogP contribution < -0.4 is 5.73 Å². The number of primary amides is 1. The number of hydrogen-bond acceptors (Lipinski definition) is 5. The molecule has 7 heteroatoms. The van der Waals surface area contributed by atoms with Gasteiger partial charge in [-0.1, -0.05) is 6.07 Å². The average Bonchev–Trinajstić information content (AvgIpc) is 3.33. The van der Waals surface area contributed by atoms with Gasteiger partial charge in [-0.3, -0.25) is 14.4 Å². The Morgan fingerprint density at radius 3 is 2.86 bits per heavy atom. The Morgan fingerprint density at radius 1 is 1.39 bits per heavy atom. The number of aryl methyl sites for hydroxylation is 1. The van der Waals surface area contributed by atoms with E-state index >= 15 is 0 Å². The van der Waals surface area contributed by atoms with Gasteiger partial charge in [-0.15, -0.1) is 11.3 Å². The van der Waals surface area contributed by atoms with Crippen LogP contribution in [0.5, 0.6) is 0 Å². The van der Waals surface area contributed by atoms with Crippen LogP contribution in [0.25, 0.3) is 10.2 Å². The number of nitrogens with zero attached hydrogens (tertiary/aromatic N) is 4. The number of rotatable bonds is 5. The first-order chi connectivity index (χ1) is 13.4. The zero-order valence-electron chi connectivity index (χ0n) is 16.9. The van der Waals surface area contributed by atoms with Crippen molar-refractivity contribution in [3.8, 4) is 0 Å². The van der Waals surface area contributed by atoms with E-state index in [1.54, 1.807) is 6.20 Å². The molecular weight excluding hydrogens is 370 g/mol. The molecule has 6 nitrogen and oxygen atoms in total. The van der Waals surface area contributed by atoms with E-state index in [1.807, 2.05) is 6.07 Å². The van der Waals surface area contributed by atoms with Crippen LogP contribution in [0.3, 0.4) is 0 Å². The van der Waals surface area contributed by atoms with Crippen LogP contribution in [0.15, 0.2) is 18.3 Å². The molecule has 1 amide bonds. The smallest absolute Gasteiger partial charge is 0.259 e. The fraction of sp³-hybridized carbons (Fsp3) is 0.476. The van der Waals surface area contributed by atoms with Crippen LogP contribution in [0.4, 0.5) is 0 Å². The Balaban J connectivity index is 1.60. The standard InChI is InChI=1S/C21H27N5OS/c1-12(2)26-14(4)17(13(3)24-26)11-25-9-7-15(10-25)18-16-6-5-8-23-21(16)28-19(18)20(22)27/h5-6,8,12,15H,7,9-11H2,1-4H3,(H2,22,27)/t15-/m0/s1. The van der Waals surface area contributed by atoms with Crippen molar-refractivity contribution in [1.29, 1.82) is 0 Å². The third-order valence-corrected chi connectivity index (χ3v) is 6.90. The molecule has 0 spiro atoms. The first-order valence-electron chi connectivity index (χ1n) is 9.81. The lowest BCUT2D eigenvalue weighted by molar-refractivity contribution is 0.100.